The third-order valence-corrected chi connectivity index (χ3v) is 4.44. The minimum Gasteiger partial charge on any atom is -0.484 e. The molecule has 1 aliphatic heterocycles. The molecule has 6 nitrogen and oxygen atoms in total. The van der Waals surface area contributed by atoms with Crippen LogP contribution in [0.15, 0.2) is 18.2 Å². The molecule has 3 rings (SSSR count). The Morgan fingerprint density at radius 1 is 1.43 bits per heavy atom. The molecule has 7 heteroatoms. The lowest BCUT2D eigenvalue weighted by molar-refractivity contribution is -0.135. The van der Waals surface area contributed by atoms with E-state index < -0.39 is 0 Å². The van der Waals surface area contributed by atoms with Crippen molar-refractivity contribution >= 4 is 28.7 Å². The zero-order chi connectivity index (χ0) is 16.1. The van der Waals surface area contributed by atoms with Crippen LogP contribution >= 0.6 is 11.7 Å². The van der Waals surface area contributed by atoms with E-state index in [0.717, 1.165) is 43.4 Å². The molecule has 2 aromatic rings. The topological polar surface area (TPSA) is 64.5 Å². The lowest BCUT2D eigenvalue weighted by Gasteiger charge is -2.25. The molecule has 0 radical (unpaired) electrons. The van der Waals surface area contributed by atoms with E-state index in [2.05, 4.69) is 15.7 Å². The van der Waals surface area contributed by atoms with Crippen molar-refractivity contribution < 1.29 is 14.3 Å². The van der Waals surface area contributed by atoms with E-state index in [9.17, 15) is 4.79 Å². The van der Waals surface area contributed by atoms with Crippen LogP contribution in [0.3, 0.4) is 0 Å². The molecule has 1 amide bonds. The first-order valence-electron chi connectivity index (χ1n) is 8.00. The van der Waals surface area contributed by atoms with Crippen LogP contribution in [0.25, 0.3) is 11.0 Å². The van der Waals surface area contributed by atoms with Gasteiger partial charge in [0.1, 0.15) is 16.8 Å². The molecule has 0 spiro atoms. The van der Waals surface area contributed by atoms with Gasteiger partial charge in [0.05, 0.1) is 17.8 Å². The van der Waals surface area contributed by atoms with Crippen LogP contribution < -0.4 is 4.74 Å². The second kappa shape index (κ2) is 7.70. The van der Waals surface area contributed by atoms with Gasteiger partial charge in [-0.3, -0.25) is 4.79 Å². The number of carbonyl (C=O) groups excluding carboxylic acids is 1. The van der Waals surface area contributed by atoms with Gasteiger partial charge in [0.15, 0.2) is 6.61 Å². The van der Waals surface area contributed by atoms with Gasteiger partial charge in [-0.2, -0.15) is 8.75 Å². The van der Waals surface area contributed by atoms with E-state index in [1.54, 1.807) is 0 Å². The Morgan fingerprint density at radius 3 is 3.09 bits per heavy atom. The fourth-order valence-electron chi connectivity index (χ4n) is 2.71. The summed E-state index contributed by atoms with van der Waals surface area (Å²) in [6, 6.07) is 5.49. The zero-order valence-corrected chi connectivity index (χ0v) is 14.1. The molecule has 1 fully saturated rings. The summed E-state index contributed by atoms with van der Waals surface area (Å²) in [5.74, 6) is 0.644. The molecule has 0 aliphatic carbocycles. The van der Waals surface area contributed by atoms with E-state index in [1.165, 1.54) is 11.7 Å². The van der Waals surface area contributed by atoms with Gasteiger partial charge in [-0.1, -0.05) is 6.92 Å². The number of carbonyl (C=O) groups is 1. The van der Waals surface area contributed by atoms with E-state index in [1.807, 2.05) is 23.1 Å². The molecule has 0 unspecified atom stereocenters. The van der Waals surface area contributed by atoms with Gasteiger partial charge in [0, 0.05) is 25.8 Å². The van der Waals surface area contributed by atoms with E-state index >= 15 is 0 Å². The smallest absolute Gasteiger partial charge is 0.260 e. The van der Waals surface area contributed by atoms with Gasteiger partial charge in [-0.15, -0.1) is 0 Å². The Hall–Kier alpha value is -1.73. The number of hydrogen-bond donors (Lipinski definition) is 0. The van der Waals surface area contributed by atoms with Gasteiger partial charge in [0.25, 0.3) is 5.91 Å². The molecule has 2 heterocycles. The van der Waals surface area contributed by atoms with Crippen LogP contribution in [-0.4, -0.2) is 52.0 Å². The summed E-state index contributed by atoms with van der Waals surface area (Å²) < 4.78 is 19.6. The third-order valence-electron chi connectivity index (χ3n) is 3.88. The number of ether oxygens (including phenoxy) is 2. The summed E-state index contributed by atoms with van der Waals surface area (Å²) in [5, 5.41) is 0. The van der Waals surface area contributed by atoms with Gasteiger partial charge in [0.2, 0.25) is 0 Å². The van der Waals surface area contributed by atoms with E-state index in [0.29, 0.717) is 12.3 Å². The molecule has 1 aromatic heterocycles. The number of aromatic nitrogens is 2. The molecule has 1 aliphatic rings. The zero-order valence-electron chi connectivity index (χ0n) is 13.2. The summed E-state index contributed by atoms with van der Waals surface area (Å²) in [4.78, 5) is 14.3. The van der Waals surface area contributed by atoms with Crippen molar-refractivity contribution in [2.24, 2.45) is 0 Å². The lowest BCUT2D eigenvalue weighted by Crippen LogP contribution is -2.40. The molecule has 0 saturated carbocycles. The van der Waals surface area contributed by atoms with E-state index in [4.69, 9.17) is 9.47 Å². The Kier molecular flexibility index (Phi) is 5.40. The quantitative estimate of drug-likeness (QED) is 0.778. The van der Waals surface area contributed by atoms with Crippen LogP contribution in [0.1, 0.15) is 26.2 Å². The first-order chi connectivity index (χ1) is 11.3. The highest BCUT2D eigenvalue weighted by Gasteiger charge is 2.22. The first kappa shape index (κ1) is 16.1. The lowest BCUT2D eigenvalue weighted by atomic mass is 10.2. The molecule has 0 N–H and O–H groups in total. The van der Waals surface area contributed by atoms with Crippen molar-refractivity contribution in [1.82, 2.24) is 13.6 Å². The fourth-order valence-corrected chi connectivity index (χ4v) is 3.23. The number of rotatable bonds is 7. The predicted octanol–water partition coefficient (Wildman–Crippen LogP) is 2.49. The first-order valence-corrected chi connectivity index (χ1v) is 8.74. The Morgan fingerprint density at radius 2 is 2.30 bits per heavy atom. The Balaban J connectivity index is 1.56. The highest BCUT2D eigenvalue weighted by molar-refractivity contribution is 7.00. The number of fused-ring (bicyclic) bond motifs is 1. The molecule has 1 saturated heterocycles. The maximum absolute atomic E-state index is 12.4. The van der Waals surface area contributed by atoms with Crippen molar-refractivity contribution in [2.45, 2.75) is 32.3 Å². The average Bonchev–Trinajstić information content (AvgIpc) is 3.22. The van der Waals surface area contributed by atoms with Crippen molar-refractivity contribution in [3.05, 3.63) is 18.2 Å². The number of nitrogens with zero attached hydrogens (tertiary/aromatic N) is 3. The van der Waals surface area contributed by atoms with Crippen molar-refractivity contribution in [3.8, 4) is 5.75 Å². The minimum absolute atomic E-state index is 0.00107. The average molecular weight is 335 g/mol. The summed E-state index contributed by atoms with van der Waals surface area (Å²) >= 11 is 1.17. The standard InChI is InChI=1S/C16H21N3O3S/c1-2-7-19(10-13-4-3-8-21-13)16(20)11-22-12-5-6-14-15(9-12)18-23-17-14/h5-6,9,13H,2-4,7-8,10-11H2,1H3/t13-/m1/s1. The monoisotopic (exact) mass is 335 g/mol. The maximum atomic E-state index is 12.4. The molecule has 23 heavy (non-hydrogen) atoms. The normalized spacial score (nSPS) is 17.5. The van der Waals surface area contributed by atoms with Crippen molar-refractivity contribution in [1.29, 1.82) is 0 Å². The number of benzene rings is 1. The highest BCUT2D eigenvalue weighted by Crippen LogP contribution is 2.19. The van der Waals surface area contributed by atoms with Crippen LogP contribution in [0.5, 0.6) is 5.75 Å². The Labute approximate surface area is 139 Å². The SMILES string of the molecule is CCCN(C[C@H]1CCCO1)C(=O)COc1ccc2nsnc2c1. The molecule has 1 atom stereocenters. The van der Waals surface area contributed by atoms with Crippen LogP contribution in [0, 0.1) is 0 Å². The molecular formula is C16H21N3O3S. The summed E-state index contributed by atoms with van der Waals surface area (Å²) in [6.45, 7) is 4.30. The Bertz CT molecular complexity index is 655. The molecule has 1 aromatic carbocycles. The fraction of sp³-hybridized carbons (Fsp3) is 0.562. The predicted molar refractivity (Wildman–Crippen MR) is 88.8 cm³/mol. The molecule has 0 bridgehead atoms. The van der Waals surface area contributed by atoms with Gasteiger partial charge < -0.3 is 14.4 Å². The molecular weight excluding hydrogens is 314 g/mol. The summed E-state index contributed by atoms with van der Waals surface area (Å²) in [6.07, 6.45) is 3.20. The van der Waals surface area contributed by atoms with Crippen LogP contribution in [-0.2, 0) is 9.53 Å². The summed E-state index contributed by atoms with van der Waals surface area (Å²) in [7, 11) is 0. The number of hydrogen-bond acceptors (Lipinski definition) is 6. The van der Waals surface area contributed by atoms with Gasteiger partial charge in [-0.05, 0) is 31.4 Å². The van der Waals surface area contributed by atoms with Gasteiger partial charge in [-0.25, -0.2) is 0 Å². The minimum atomic E-state index is -0.00107. The van der Waals surface area contributed by atoms with Crippen LogP contribution in [0.4, 0.5) is 0 Å². The third kappa shape index (κ3) is 4.17. The van der Waals surface area contributed by atoms with Crippen molar-refractivity contribution in [2.75, 3.05) is 26.3 Å². The second-order valence-electron chi connectivity index (χ2n) is 5.68. The van der Waals surface area contributed by atoms with Crippen LogP contribution in [0.2, 0.25) is 0 Å². The van der Waals surface area contributed by atoms with Gasteiger partial charge >= 0.3 is 0 Å². The summed E-state index contributed by atoms with van der Waals surface area (Å²) in [5.41, 5.74) is 1.64. The van der Waals surface area contributed by atoms with E-state index in [-0.39, 0.29) is 18.6 Å². The largest absolute Gasteiger partial charge is 0.484 e. The molecule has 124 valence electrons. The number of amides is 1. The second-order valence-corrected chi connectivity index (χ2v) is 6.21. The van der Waals surface area contributed by atoms with Crippen molar-refractivity contribution in [3.63, 3.8) is 0 Å². The highest BCUT2D eigenvalue weighted by atomic mass is 32.1. The maximum Gasteiger partial charge on any atom is 0.260 e.